The molecule has 1 atom stereocenters. The van der Waals surface area contributed by atoms with Crippen LogP contribution in [0.4, 0.5) is 4.79 Å². The highest BCUT2D eigenvalue weighted by Crippen LogP contribution is 2.28. The second kappa shape index (κ2) is 7.74. The van der Waals surface area contributed by atoms with Gasteiger partial charge in [0, 0.05) is 18.2 Å². The molecule has 1 fully saturated rings. The summed E-state index contributed by atoms with van der Waals surface area (Å²) in [6, 6.07) is 7.68. The third-order valence-corrected chi connectivity index (χ3v) is 4.95. The van der Waals surface area contributed by atoms with Crippen LogP contribution >= 0.6 is 11.8 Å². The molecule has 2 aliphatic rings. The van der Waals surface area contributed by atoms with Crippen molar-refractivity contribution in [1.29, 1.82) is 0 Å². The van der Waals surface area contributed by atoms with E-state index < -0.39 is 11.1 Å². The average Bonchev–Trinajstić information content (AvgIpc) is 2.80. The lowest BCUT2D eigenvalue weighted by Gasteiger charge is -2.23. The van der Waals surface area contributed by atoms with Gasteiger partial charge in [0.15, 0.2) is 0 Å². The number of hydrogen-bond donors (Lipinski definition) is 1. The molecule has 2 aliphatic heterocycles. The number of carbonyl (C=O) groups excluding carboxylic acids is 3. The van der Waals surface area contributed by atoms with Crippen LogP contribution in [0.15, 0.2) is 35.2 Å². The molecule has 1 aromatic rings. The Morgan fingerprint density at radius 2 is 2.20 bits per heavy atom. The molecular weight excluding hydrogens is 340 g/mol. The predicted octanol–water partition coefficient (Wildman–Crippen LogP) is 2.83. The zero-order valence-electron chi connectivity index (χ0n) is 14.0. The molecule has 0 aromatic heterocycles. The van der Waals surface area contributed by atoms with E-state index in [1.807, 2.05) is 24.3 Å². The predicted molar refractivity (Wildman–Crippen MR) is 95.0 cm³/mol. The zero-order valence-corrected chi connectivity index (χ0v) is 14.8. The Bertz CT molecular complexity index is 732. The summed E-state index contributed by atoms with van der Waals surface area (Å²) in [5.41, 5.74) is 0.938. The first-order chi connectivity index (χ1) is 12.1. The van der Waals surface area contributed by atoms with Crippen molar-refractivity contribution >= 4 is 28.8 Å². The van der Waals surface area contributed by atoms with Crippen LogP contribution in [0, 0.1) is 0 Å². The first kappa shape index (κ1) is 17.5. The molecule has 6 nitrogen and oxygen atoms in total. The number of nitrogens with one attached hydrogen (secondary N) is 1. The summed E-state index contributed by atoms with van der Waals surface area (Å²) in [4.78, 5) is 37.4. The van der Waals surface area contributed by atoms with E-state index in [-0.39, 0.29) is 16.9 Å². The van der Waals surface area contributed by atoms with Crippen LogP contribution in [0.2, 0.25) is 0 Å². The Hall–Kier alpha value is -2.28. The largest absolute Gasteiger partial charge is 0.488 e. The van der Waals surface area contributed by atoms with Crippen molar-refractivity contribution in [3.63, 3.8) is 0 Å². The number of rotatable bonds is 4. The quantitative estimate of drug-likeness (QED) is 0.836. The minimum Gasteiger partial charge on any atom is -0.488 e. The molecule has 0 aliphatic carbocycles. The molecule has 0 radical (unpaired) electrons. The maximum Gasteiger partial charge on any atom is 0.290 e. The van der Waals surface area contributed by atoms with Gasteiger partial charge in [0.1, 0.15) is 11.9 Å². The lowest BCUT2D eigenvalue weighted by Crippen LogP contribution is -2.36. The highest BCUT2D eigenvalue weighted by molar-refractivity contribution is 8.18. The Morgan fingerprint density at radius 1 is 1.40 bits per heavy atom. The second-order valence-electron chi connectivity index (χ2n) is 6.06. The zero-order chi connectivity index (χ0) is 17.8. The van der Waals surface area contributed by atoms with Crippen molar-refractivity contribution in [2.24, 2.45) is 0 Å². The van der Waals surface area contributed by atoms with Crippen LogP contribution in [-0.4, -0.2) is 34.6 Å². The molecule has 7 heteroatoms. The number of nitrogens with zero attached hydrogens (tertiary/aromatic N) is 1. The van der Waals surface area contributed by atoms with Gasteiger partial charge in [-0.1, -0.05) is 31.5 Å². The molecule has 0 spiro atoms. The molecule has 0 saturated carbocycles. The normalized spacial score (nSPS) is 21.6. The van der Waals surface area contributed by atoms with Crippen molar-refractivity contribution in [3.05, 3.63) is 40.8 Å². The number of unbranched alkanes of at least 4 members (excludes halogenated alkanes) is 1. The maximum atomic E-state index is 12.7. The van der Waals surface area contributed by atoms with Gasteiger partial charge >= 0.3 is 0 Å². The Morgan fingerprint density at radius 3 is 2.92 bits per heavy atom. The highest BCUT2D eigenvalue weighted by atomic mass is 32.2. The van der Waals surface area contributed by atoms with Gasteiger partial charge in [-0.15, -0.1) is 0 Å². The fourth-order valence-electron chi connectivity index (χ4n) is 2.86. The molecule has 1 N–H and O–H groups in total. The number of ether oxygens (including phenoxy) is 1. The highest BCUT2D eigenvalue weighted by Gasteiger charge is 2.29. The number of carbonyl (C=O) groups is 3. The average molecular weight is 360 g/mol. The van der Waals surface area contributed by atoms with Gasteiger partial charge in [-0.3, -0.25) is 19.7 Å². The van der Waals surface area contributed by atoms with Crippen molar-refractivity contribution < 1.29 is 19.1 Å². The van der Waals surface area contributed by atoms with Crippen LogP contribution in [0.25, 0.3) is 0 Å². The molecule has 1 saturated heterocycles. The summed E-state index contributed by atoms with van der Waals surface area (Å²) in [5.74, 6) is 0.00113. The summed E-state index contributed by atoms with van der Waals surface area (Å²) in [7, 11) is 0. The van der Waals surface area contributed by atoms with Crippen molar-refractivity contribution in [2.45, 2.75) is 38.8 Å². The van der Waals surface area contributed by atoms with Crippen molar-refractivity contribution in [2.75, 3.05) is 6.54 Å². The van der Waals surface area contributed by atoms with Crippen LogP contribution in [-0.2, 0) is 16.1 Å². The number of hydrogen-bond acceptors (Lipinski definition) is 5. The molecule has 2 heterocycles. The number of imide groups is 1. The van der Waals surface area contributed by atoms with E-state index in [4.69, 9.17) is 4.74 Å². The van der Waals surface area contributed by atoms with Crippen LogP contribution in [0.1, 0.15) is 31.7 Å². The lowest BCUT2D eigenvalue weighted by atomic mass is 10.1. The molecule has 25 heavy (non-hydrogen) atoms. The first-order valence-electron chi connectivity index (χ1n) is 8.35. The number of amides is 3. The minimum atomic E-state index is -0.516. The Balaban J connectivity index is 1.81. The Kier molecular flexibility index (Phi) is 5.43. The second-order valence-corrected chi connectivity index (χ2v) is 7.08. The van der Waals surface area contributed by atoms with Gasteiger partial charge in [-0.05, 0) is 30.7 Å². The lowest BCUT2D eigenvalue weighted by molar-refractivity contribution is -0.127. The number of fused-ring (bicyclic) bond motifs is 1. The molecule has 1 unspecified atom stereocenters. The molecular formula is C18H20N2O4S. The van der Waals surface area contributed by atoms with Crippen LogP contribution < -0.4 is 10.1 Å². The van der Waals surface area contributed by atoms with E-state index in [0.717, 1.165) is 42.3 Å². The fraction of sp³-hybridized carbons (Fsp3) is 0.389. The summed E-state index contributed by atoms with van der Waals surface area (Å²) in [5, 5.41) is 1.71. The van der Waals surface area contributed by atoms with Crippen molar-refractivity contribution in [1.82, 2.24) is 10.2 Å². The van der Waals surface area contributed by atoms with Crippen LogP contribution in [0.3, 0.4) is 0 Å². The topological polar surface area (TPSA) is 75.7 Å². The van der Waals surface area contributed by atoms with E-state index >= 15 is 0 Å². The van der Waals surface area contributed by atoms with Gasteiger partial charge in [-0.2, -0.15) is 0 Å². The number of para-hydroxylation sites is 1. The fourth-order valence-corrected chi connectivity index (χ4v) is 3.50. The molecule has 3 rings (SSSR count). The van der Waals surface area contributed by atoms with Gasteiger partial charge in [-0.25, -0.2) is 0 Å². The summed E-state index contributed by atoms with van der Waals surface area (Å²) in [6.45, 7) is 2.99. The van der Waals surface area contributed by atoms with Gasteiger partial charge < -0.3 is 9.64 Å². The smallest absolute Gasteiger partial charge is 0.290 e. The van der Waals surface area contributed by atoms with Gasteiger partial charge in [0.2, 0.25) is 5.91 Å². The molecule has 1 aromatic carbocycles. The third-order valence-electron chi connectivity index (χ3n) is 4.14. The molecule has 132 valence electrons. The third kappa shape index (κ3) is 4.22. The monoisotopic (exact) mass is 360 g/mol. The SMILES string of the molecule is CCCCC1CN(C(=O)/C=C2\SC(=O)NC2=O)Cc2ccccc2O1. The number of benzene rings is 1. The molecule has 3 amide bonds. The first-order valence-corrected chi connectivity index (χ1v) is 9.16. The Labute approximate surface area is 150 Å². The molecule has 0 bridgehead atoms. The minimum absolute atomic E-state index is 0.0855. The van der Waals surface area contributed by atoms with E-state index in [0.29, 0.717) is 13.1 Å². The number of thioether (sulfide) groups is 1. The van der Waals surface area contributed by atoms with E-state index in [9.17, 15) is 14.4 Å². The van der Waals surface area contributed by atoms with Gasteiger partial charge in [0.25, 0.3) is 11.1 Å². The maximum absolute atomic E-state index is 12.7. The van der Waals surface area contributed by atoms with E-state index in [2.05, 4.69) is 12.2 Å². The summed E-state index contributed by atoms with van der Waals surface area (Å²) in [6.07, 6.45) is 4.09. The summed E-state index contributed by atoms with van der Waals surface area (Å²) < 4.78 is 6.09. The van der Waals surface area contributed by atoms with E-state index in [1.54, 1.807) is 4.90 Å². The summed E-state index contributed by atoms with van der Waals surface area (Å²) >= 11 is 0.754. The standard InChI is InChI=1S/C18H20N2O4S/c1-2-3-7-13-11-20(10-12-6-4-5-8-14(12)24-13)16(21)9-15-17(22)19-18(23)25-15/h4-6,8-9,13H,2-3,7,10-11H2,1H3,(H,19,22,23)/b15-9-. The van der Waals surface area contributed by atoms with Crippen molar-refractivity contribution in [3.8, 4) is 5.75 Å². The van der Waals surface area contributed by atoms with E-state index in [1.165, 1.54) is 6.08 Å². The van der Waals surface area contributed by atoms with Gasteiger partial charge in [0.05, 0.1) is 11.4 Å². The van der Waals surface area contributed by atoms with Crippen LogP contribution in [0.5, 0.6) is 5.75 Å².